The second-order valence-corrected chi connectivity index (χ2v) is 9.68. The average molecular weight is 500 g/mol. The van der Waals surface area contributed by atoms with Crippen LogP contribution in [-0.4, -0.2) is 10.4 Å². The number of hydrogen-bond acceptors (Lipinski definition) is 4. The van der Waals surface area contributed by atoms with Crippen LogP contribution >= 0.6 is 38.9 Å². The van der Waals surface area contributed by atoms with Gasteiger partial charge in [-0.15, -0.1) is 0 Å². The van der Waals surface area contributed by atoms with Crippen molar-refractivity contribution in [1.29, 1.82) is 0 Å². The van der Waals surface area contributed by atoms with Crippen molar-refractivity contribution in [2.24, 2.45) is 4.99 Å². The van der Waals surface area contributed by atoms with E-state index in [-0.39, 0.29) is 11.3 Å². The topological polar surface area (TPSA) is 51.4 Å². The van der Waals surface area contributed by atoms with E-state index in [2.05, 4.69) is 15.9 Å². The number of carbonyl (C=O) groups excluding carboxylic acids is 1. The van der Waals surface area contributed by atoms with Gasteiger partial charge in [0.25, 0.3) is 5.56 Å². The first-order valence-electron chi connectivity index (χ1n) is 9.60. The number of ketones is 1. The van der Waals surface area contributed by atoms with Crippen molar-refractivity contribution < 1.29 is 4.79 Å². The molecule has 30 heavy (non-hydrogen) atoms. The van der Waals surface area contributed by atoms with Gasteiger partial charge in [-0.25, -0.2) is 4.99 Å². The van der Waals surface area contributed by atoms with E-state index in [9.17, 15) is 9.59 Å². The molecular formula is C23H16BrClN2O2S. The molecule has 0 N–H and O–H groups in total. The van der Waals surface area contributed by atoms with Crippen molar-refractivity contribution in [2.75, 3.05) is 0 Å². The number of benzene rings is 2. The molecule has 2 aromatic carbocycles. The number of hydrogen-bond donors (Lipinski definition) is 0. The minimum Gasteiger partial charge on any atom is -0.294 e. The van der Waals surface area contributed by atoms with Crippen LogP contribution < -0.4 is 14.9 Å². The second kappa shape index (κ2) is 7.76. The molecule has 1 atom stereocenters. The number of allylic oxidation sites excluding steroid dienone is 2. The maximum Gasteiger partial charge on any atom is 0.271 e. The van der Waals surface area contributed by atoms with Crippen LogP contribution in [0.3, 0.4) is 0 Å². The van der Waals surface area contributed by atoms with E-state index in [0.717, 1.165) is 34.1 Å². The van der Waals surface area contributed by atoms with Gasteiger partial charge in [-0.05, 0) is 54.3 Å². The van der Waals surface area contributed by atoms with Crippen molar-refractivity contribution in [2.45, 2.75) is 25.3 Å². The third-order valence-corrected chi connectivity index (χ3v) is 7.14. The summed E-state index contributed by atoms with van der Waals surface area (Å²) in [5.74, 6) is 0.0714. The first-order valence-corrected chi connectivity index (χ1v) is 11.6. The highest BCUT2D eigenvalue weighted by atomic mass is 79.9. The van der Waals surface area contributed by atoms with E-state index in [1.165, 1.54) is 11.3 Å². The molecule has 0 fully saturated rings. The largest absolute Gasteiger partial charge is 0.294 e. The molecule has 0 saturated carbocycles. The Morgan fingerprint density at radius 2 is 1.80 bits per heavy atom. The number of halogens is 2. The standard InChI is InChI=1S/C23H16BrClN2O2S/c24-15-8-4-13(5-9-15)12-19-22(29)27-21(14-6-10-16(25)11-7-14)20-17(26-23(27)30-19)2-1-3-18(20)28/h4-12,21H,1-3H2. The van der Waals surface area contributed by atoms with Crippen LogP contribution in [0.5, 0.6) is 0 Å². The molecule has 0 amide bonds. The number of aromatic nitrogens is 1. The highest BCUT2D eigenvalue weighted by molar-refractivity contribution is 9.10. The monoisotopic (exact) mass is 498 g/mol. The minimum atomic E-state index is -0.464. The summed E-state index contributed by atoms with van der Waals surface area (Å²) in [7, 11) is 0. The zero-order valence-corrected chi connectivity index (χ0v) is 18.9. The first-order chi connectivity index (χ1) is 14.5. The number of Topliss-reactive ketones (excluding diaryl/α,β-unsaturated/α-hetero) is 1. The van der Waals surface area contributed by atoms with E-state index in [1.807, 2.05) is 42.5 Å². The number of fused-ring (bicyclic) bond motifs is 1. The highest BCUT2D eigenvalue weighted by Crippen LogP contribution is 2.36. The van der Waals surface area contributed by atoms with Gasteiger partial charge in [-0.3, -0.25) is 14.2 Å². The maximum absolute atomic E-state index is 13.4. The fourth-order valence-corrected chi connectivity index (χ4v) is 5.39. The highest BCUT2D eigenvalue weighted by Gasteiger charge is 2.34. The summed E-state index contributed by atoms with van der Waals surface area (Å²) in [5.41, 5.74) is 3.13. The van der Waals surface area contributed by atoms with Crippen molar-refractivity contribution in [3.63, 3.8) is 0 Å². The summed E-state index contributed by atoms with van der Waals surface area (Å²) < 4.78 is 3.25. The Balaban J connectivity index is 1.75. The average Bonchev–Trinajstić information content (AvgIpc) is 3.04. The molecule has 2 aliphatic rings. The van der Waals surface area contributed by atoms with Gasteiger partial charge in [0, 0.05) is 21.5 Å². The minimum absolute atomic E-state index is 0.0714. The molecule has 1 aromatic heterocycles. The van der Waals surface area contributed by atoms with Crippen LogP contribution in [0.1, 0.15) is 36.4 Å². The fraction of sp³-hybridized carbons (Fsp3) is 0.174. The molecule has 0 saturated heterocycles. The SMILES string of the molecule is O=C1CCCC2=C1C(c1ccc(Cl)cc1)n1c(sc(=Cc3ccc(Br)cc3)c1=O)=N2. The molecule has 0 radical (unpaired) electrons. The van der Waals surface area contributed by atoms with Crippen LogP contribution in [0.15, 0.2) is 74.1 Å². The lowest BCUT2D eigenvalue weighted by molar-refractivity contribution is -0.116. The smallest absolute Gasteiger partial charge is 0.271 e. The van der Waals surface area contributed by atoms with E-state index in [1.54, 1.807) is 16.7 Å². The van der Waals surface area contributed by atoms with Crippen molar-refractivity contribution in [1.82, 2.24) is 4.57 Å². The number of rotatable bonds is 2. The zero-order chi connectivity index (χ0) is 20.8. The van der Waals surface area contributed by atoms with E-state index >= 15 is 0 Å². The molecule has 1 aliphatic carbocycles. The Morgan fingerprint density at radius 1 is 1.07 bits per heavy atom. The molecule has 3 aromatic rings. The summed E-state index contributed by atoms with van der Waals surface area (Å²) in [4.78, 5) is 31.7. The van der Waals surface area contributed by atoms with Crippen LogP contribution in [0, 0.1) is 0 Å². The van der Waals surface area contributed by atoms with Gasteiger partial charge in [0.2, 0.25) is 0 Å². The molecule has 7 heteroatoms. The Labute approximate surface area is 190 Å². The Bertz CT molecular complexity index is 1370. The molecule has 150 valence electrons. The number of thiazole rings is 1. The summed E-state index contributed by atoms with van der Waals surface area (Å²) in [6.07, 6.45) is 3.91. The molecule has 0 spiro atoms. The zero-order valence-electron chi connectivity index (χ0n) is 15.8. The fourth-order valence-electron chi connectivity index (χ4n) is 3.98. The lowest BCUT2D eigenvalue weighted by Gasteiger charge is -2.28. The van der Waals surface area contributed by atoms with E-state index in [0.29, 0.717) is 26.4 Å². The molecule has 1 unspecified atom stereocenters. The van der Waals surface area contributed by atoms with Crippen LogP contribution in [0.4, 0.5) is 0 Å². The summed E-state index contributed by atoms with van der Waals surface area (Å²) in [5, 5.41) is 0.616. The van der Waals surface area contributed by atoms with E-state index in [4.69, 9.17) is 16.6 Å². The quantitative estimate of drug-likeness (QED) is 0.525. The first kappa shape index (κ1) is 19.7. The number of nitrogens with zero attached hydrogens (tertiary/aromatic N) is 2. The molecule has 4 nitrogen and oxygen atoms in total. The van der Waals surface area contributed by atoms with Gasteiger partial charge in [0.15, 0.2) is 10.6 Å². The van der Waals surface area contributed by atoms with Gasteiger partial charge in [-0.2, -0.15) is 0 Å². The van der Waals surface area contributed by atoms with Crippen molar-refractivity contribution >= 4 is 50.7 Å². The summed E-state index contributed by atoms with van der Waals surface area (Å²) in [6.45, 7) is 0. The second-order valence-electron chi connectivity index (χ2n) is 7.32. The maximum atomic E-state index is 13.4. The Morgan fingerprint density at radius 3 is 2.53 bits per heavy atom. The molecular weight excluding hydrogens is 484 g/mol. The van der Waals surface area contributed by atoms with Gasteiger partial charge in [0.1, 0.15) is 0 Å². The lowest BCUT2D eigenvalue weighted by atomic mass is 9.86. The van der Waals surface area contributed by atoms with Crippen LogP contribution in [0.25, 0.3) is 6.08 Å². The molecule has 1 aliphatic heterocycles. The van der Waals surface area contributed by atoms with Gasteiger partial charge >= 0.3 is 0 Å². The predicted octanol–water partition coefficient (Wildman–Crippen LogP) is 4.38. The van der Waals surface area contributed by atoms with Gasteiger partial charge in [-0.1, -0.05) is 63.1 Å². The van der Waals surface area contributed by atoms with Gasteiger partial charge < -0.3 is 0 Å². The predicted molar refractivity (Wildman–Crippen MR) is 123 cm³/mol. The van der Waals surface area contributed by atoms with Crippen LogP contribution in [-0.2, 0) is 4.79 Å². The Hall–Kier alpha value is -2.28. The van der Waals surface area contributed by atoms with Crippen molar-refractivity contribution in [3.8, 4) is 0 Å². The van der Waals surface area contributed by atoms with Gasteiger partial charge in [0.05, 0.1) is 16.3 Å². The van der Waals surface area contributed by atoms with E-state index < -0.39 is 6.04 Å². The summed E-state index contributed by atoms with van der Waals surface area (Å²) in [6, 6.07) is 14.7. The molecule has 5 rings (SSSR count). The lowest BCUT2D eigenvalue weighted by Crippen LogP contribution is -2.40. The molecule has 0 bridgehead atoms. The third kappa shape index (κ3) is 3.43. The van der Waals surface area contributed by atoms with Crippen LogP contribution in [0.2, 0.25) is 5.02 Å². The summed E-state index contributed by atoms with van der Waals surface area (Å²) >= 11 is 10.9. The number of carbonyl (C=O) groups is 1. The molecule has 2 heterocycles. The third-order valence-electron chi connectivity index (χ3n) is 5.38. The normalized spacial score (nSPS) is 18.8. The Kier molecular flexibility index (Phi) is 5.09. The van der Waals surface area contributed by atoms with Crippen molar-refractivity contribution in [3.05, 3.63) is 100 Å².